The van der Waals surface area contributed by atoms with Crippen molar-refractivity contribution in [3.05, 3.63) is 12.7 Å². The van der Waals surface area contributed by atoms with Crippen LogP contribution in [0, 0.1) is 0 Å². The van der Waals surface area contributed by atoms with Crippen molar-refractivity contribution < 1.29 is 32.9 Å². The smallest absolute Gasteiger partial charge is 0.332 e. The number of anilines is 1. The number of aromatic nitrogens is 4. The third-order valence-corrected chi connectivity index (χ3v) is 7.05. The maximum Gasteiger partial charge on any atom is 0.332 e. The molecule has 2 heterocycles. The zero-order chi connectivity index (χ0) is 27.6. The zero-order valence-corrected chi connectivity index (χ0v) is 23.3. The highest BCUT2D eigenvalue weighted by Crippen LogP contribution is 2.45. The molecular weight excluding hydrogens is 503 g/mol. The van der Waals surface area contributed by atoms with Gasteiger partial charge in [0.1, 0.15) is 23.7 Å². The van der Waals surface area contributed by atoms with Crippen LogP contribution < -0.4 is 10.8 Å². The number of unbranched alkanes of at least 4 members (excludes halogenated alkanes) is 2. The minimum atomic E-state index is -3.88. The monoisotopic (exact) mass is 542 g/mol. The summed E-state index contributed by atoms with van der Waals surface area (Å²) in [6.45, 7) is 10.2. The van der Waals surface area contributed by atoms with Gasteiger partial charge in [0, 0.05) is 0 Å². The summed E-state index contributed by atoms with van der Waals surface area (Å²) in [4.78, 5) is 37.0. The maximum atomic E-state index is 13.7. The van der Waals surface area contributed by atoms with Crippen LogP contribution in [0.15, 0.2) is 12.7 Å². The van der Waals surface area contributed by atoms with Crippen molar-refractivity contribution in [2.24, 2.45) is 0 Å². The van der Waals surface area contributed by atoms with E-state index in [4.69, 9.17) is 24.5 Å². The van der Waals surface area contributed by atoms with Crippen molar-refractivity contribution in [2.45, 2.75) is 85.1 Å². The van der Waals surface area contributed by atoms with Gasteiger partial charge in [0.2, 0.25) is 0 Å². The minimum Gasteiger partial charge on any atom is -0.464 e. The number of carbonyl (C=O) groups excluding carboxylic acids is 2. The van der Waals surface area contributed by atoms with Crippen molar-refractivity contribution in [3.8, 4) is 0 Å². The first-order valence-electron chi connectivity index (χ1n) is 12.3. The summed E-state index contributed by atoms with van der Waals surface area (Å²) < 4.78 is 37.2. The fourth-order valence-corrected chi connectivity index (χ4v) is 5.22. The Kier molecular flexibility index (Phi) is 11.4. The highest BCUT2D eigenvalue weighted by molar-refractivity contribution is 7.56. The van der Waals surface area contributed by atoms with Crippen molar-refractivity contribution in [1.82, 2.24) is 24.6 Å². The molecule has 2 atom stereocenters. The first-order valence-corrected chi connectivity index (χ1v) is 14.1. The van der Waals surface area contributed by atoms with Crippen LogP contribution in [0.4, 0.5) is 5.82 Å². The normalized spacial score (nSPS) is 14.5. The molecule has 0 spiro atoms. The summed E-state index contributed by atoms with van der Waals surface area (Å²) in [7, 11) is -3.88. The van der Waals surface area contributed by atoms with Gasteiger partial charge in [-0.15, -0.1) is 0 Å². The summed E-state index contributed by atoms with van der Waals surface area (Å²) in [5.74, 6) is -1.02. The van der Waals surface area contributed by atoms with E-state index in [1.165, 1.54) is 20.2 Å². The van der Waals surface area contributed by atoms with E-state index >= 15 is 0 Å². The highest BCUT2D eigenvalue weighted by atomic mass is 31.2. The molecule has 3 N–H and O–H groups in total. The number of imidazole rings is 1. The predicted molar refractivity (Wildman–Crippen MR) is 138 cm³/mol. The number of hydrogen-bond acceptors (Lipinski definition) is 11. The van der Waals surface area contributed by atoms with Gasteiger partial charge in [0.05, 0.1) is 31.7 Å². The molecule has 0 aliphatic carbocycles. The molecule has 0 aliphatic rings. The zero-order valence-electron chi connectivity index (χ0n) is 22.4. The summed E-state index contributed by atoms with van der Waals surface area (Å²) in [6, 6.07) is 0. The average molecular weight is 543 g/mol. The quantitative estimate of drug-likeness (QED) is 0.181. The molecule has 0 bridgehead atoms. The number of fused-ring (bicyclic) bond motifs is 1. The van der Waals surface area contributed by atoms with Crippen LogP contribution in [0.5, 0.6) is 0 Å². The Labute approximate surface area is 217 Å². The van der Waals surface area contributed by atoms with E-state index in [1.54, 1.807) is 31.7 Å². The lowest BCUT2D eigenvalue weighted by Crippen LogP contribution is -2.47. The second kappa shape index (κ2) is 13.8. The van der Waals surface area contributed by atoms with E-state index in [1.807, 2.05) is 6.92 Å². The Balaban J connectivity index is 2.08. The molecule has 0 saturated heterocycles. The lowest BCUT2D eigenvalue weighted by atomic mass is 10.1. The van der Waals surface area contributed by atoms with Gasteiger partial charge in [0.25, 0.3) is 7.52 Å². The van der Waals surface area contributed by atoms with Crippen LogP contribution in [0.25, 0.3) is 11.2 Å². The molecule has 2 aromatic rings. The van der Waals surface area contributed by atoms with Crippen molar-refractivity contribution in [2.75, 3.05) is 25.3 Å². The first-order chi connectivity index (χ1) is 17.4. The maximum absolute atomic E-state index is 13.7. The van der Waals surface area contributed by atoms with Gasteiger partial charge in [-0.3, -0.25) is 9.36 Å². The molecule has 0 fully saturated rings. The summed E-state index contributed by atoms with van der Waals surface area (Å²) in [5, 5.41) is 2.74. The fourth-order valence-electron chi connectivity index (χ4n) is 3.31. The molecule has 14 heteroatoms. The topological polar surface area (TPSA) is 170 Å². The minimum absolute atomic E-state index is 0.254. The second-order valence-electron chi connectivity index (χ2n) is 9.50. The highest BCUT2D eigenvalue weighted by Gasteiger charge is 2.39. The molecule has 208 valence electrons. The Hall–Kier alpha value is -2.60. The van der Waals surface area contributed by atoms with E-state index in [9.17, 15) is 14.2 Å². The van der Waals surface area contributed by atoms with Gasteiger partial charge < -0.3 is 29.0 Å². The molecule has 0 aliphatic heterocycles. The van der Waals surface area contributed by atoms with Gasteiger partial charge >= 0.3 is 11.9 Å². The number of nitrogens with one attached hydrogen (secondary N) is 1. The predicted octanol–water partition coefficient (Wildman–Crippen LogP) is 3.03. The van der Waals surface area contributed by atoms with Gasteiger partial charge in [-0.25, -0.2) is 24.8 Å². The molecular formula is C23H39N6O7P. The molecule has 2 aromatic heterocycles. The first kappa shape index (κ1) is 30.6. The van der Waals surface area contributed by atoms with E-state index in [-0.39, 0.29) is 18.5 Å². The Morgan fingerprint density at radius 3 is 2.59 bits per heavy atom. The van der Waals surface area contributed by atoms with Gasteiger partial charge in [-0.1, -0.05) is 19.8 Å². The van der Waals surface area contributed by atoms with E-state index in [2.05, 4.69) is 20.0 Å². The van der Waals surface area contributed by atoms with Crippen LogP contribution in [-0.2, 0) is 39.4 Å². The molecule has 37 heavy (non-hydrogen) atoms. The molecule has 0 amide bonds. The Bertz CT molecular complexity index is 1090. The number of ether oxygens (including phenoxy) is 3. The van der Waals surface area contributed by atoms with Crippen molar-refractivity contribution >= 4 is 36.4 Å². The third kappa shape index (κ3) is 9.66. The summed E-state index contributed by atoms with van der Waals surface area (Å²) in [6.07, 6.45) is 4.29. The van der Waals surface area contributed by atoms with Crippen molar-refractivity contribution in [3.63, 3.8) is 0 Å². The molecule has 0 radical (unpaired) electrons. The number of nitrogens with two attached hydrogens (primary N) is 1. The van der Waals surface area contributed by atoms with Crippen LogP contribution in [0.1, 0.15) is 60.8 Å². The van der Waals surface area contributed by atoms with Crippen LogP contribution in [0.2, 0.25) is 0 Å². The van der Waals surface area contributed by atoms with Crippen LogP contribution in [-0.4, -0.2) is 68.8 Å². The molecule has 0 saturated carbocycles. The van der Waals surface area contributed by atoms with Gasteiger partial charge in [0.15, 0.2) is 18.1 Å². The number of rotatable bonds is 16. The lowest BCUT2D eigenvalue weighted by molar-refractivity contribution is -0.149. The van der Waals surface area contributed by atoms with Crippen LogP contribution in [0.3, 0.4) is 0 Å². The SMILES string of the molecule is CCCCCOC(=O)C(C)(C)NP(=O)(CO[C@H](C)Cn1cnc2c(N)ncnc21)OCC(=O)OC(C)C. The van der Waals surface area contributed by atoms with E-state index in [0.29, 0.717) is 17.7 Å². The van der Waals surface area contributed by atoms with Gasteiger partial charge in [-0.2, -0.15) is 0 Å². The second-order valence-corrected chi connectivity index (χ2v) is 11.6. The molecule has 2 rings (SSSR count). The molecule has 0 aromatic carbocycles. The largest absolute Gasteiger partial charge is 0.464 e. The lowest BCUT2D eigenvalue weighted by Gasteiger charge is -2.30. The Morgan fingerprint density at radius 1 is 1.19 bits per heavy atom. The number of hydrogen-bond donors (Lipinski definition) is 2. The van der Waals surface area contributed by atoms with Crippen LogP contribution >= 0.6 is 7.52 Å². The number of esters is 2. The molecule has 1 unspecified atom stereocenters. The number of nitrogens with zero attached hydrogens (tertiary/aromatic N) is 4. The average Bonchev–Trinajstić information content (AvgIpc) is 3.22. The number of carbonyl (C=O) groups is 2. The summed E-state index contributed by atoms with van der Waals surface area (Å²) >= 11 is 0. The standard InChI is InChI=1S/C23H39N6O7P/c1-7-8-9-10-33-22(31)23(5,6)28-37(32,35-12-18(30)36-16(2)3)15-34-17(4)11-29-14-27-19-20(24)25-13-26-21(19)29/h13-14,16-17H,7-12,15H2,1-6H3,(H,28,32)(H2,24,25,26)/t17-,37?/m1/s1. The van der Waals surface area contributed by atoms with Crippen molar-refractivity contribution in [1.29, 1.82) is 0 Å². The fraction of sp³-hybridized carbons (Fsp3) is 0.696. The number of nitrogen functional groups attached to an aromatic ring is 1. The third-order valence-electron chi connectivity index (χ3n) is 5.11. The van der Waals surface area contributed by atoms with E-state index < -0.39 is 44.1 Å². The Morgan fingerprint density at radius 2 is 1.92 bits per heavy atom. The van der Waals surface area contributed by atoms with E-state index in [0.717, 1.165) is 19.3 Å². The van der Waals surface area contributed by atoms with Gasteiger partial charge in [-0.05, 0) is 41.0 Å². The molecule has 13 nitrogen and oxygen atoms in total. The summed E-state index contributed by atoms with van der Waals surface area (Å²) in [5.41, 5.74) is 5.46.